The fraction of sp³-hybridized carbons (Fsp3) is 0.143. The number of rotatable bonds is 6. The second-order valence-electron chi connectivity index (χ2n) is 6.76. The van der Waals surface area contributed by atoms with Gasteiger partial charge in [-0.2, -0.15) is 0 Å². The minimum absolute atomic E-state index is 0.150. The molecule has 2 aromatic carbocycles. The van der Waals surface area contributed by atoms with E-state index in [4.69, 9.17) is 23.2 Å². The molecule has 0 aliphatic carbocycles. The molecule has 0 saturated heterocycles. The highest BCUT2D eigenvalue weighted by atomic mass is 35.5. The van der Waals surface area contributed by atoms with E-state index in [-0.39, 0.29) is 17.1 Å². The molecule has 0 aliphatic heterocycles. The minimum Gasteiger partial charge on any atom is -0.350 e. The zero-order chi connectivity index (χ0) is 23.3. The molecular formula is C21H19Cl2N5O4. The van der Waals surface area contributed by atoms with Crippen molar-refractivity contribution in [1.82, 2.24) is 26.1 Å². The monoisotopic (exact) mass is 475 g/mol. The Balaban J connectivity index is 1.43. The van der Waals surface area contributed by atoms with Crippen molar-refractivity contribution in [3.8, 4) is 0 Å². The van der Waals surface area contributed by atoms with Crippen LogP contribution >= 0.6 is 23.2 Å². The molecule has 166 valence electrons. The lowest BCUT2D eigenvalue weighted by molar-refractivity contribution is -0.125. The highest BCUT2D eigenvalue weighted by molar-refractivity contribution is 6.36. The molecule has 3 rings (SSSR count). The topological polar surface area (TPSA) is 121 Å². The van der Waals surface area contributed by atoms with Crippen LogP contribution in [0.5, 0.6) is 0 Å². The van der Waals surface area contributed by atoms with Gasteiger partial charge in [-0.1, -0.05) is 41.4 Å². The van der Waals surface area contributed by atoms with Crippen molar-refractivity contribution in [2.45, 2.75) is 0 Å². The fourth-order valence-corrected chi connectivity index (χ4v) is 3.43. The Morgan fingerprint density at radius 3 is 2.31 bits per heavy atom. The van der Waals surface area contributed by atoms with Crippen LogP contribution in [0.15, 0.2) is 48.7 Å². The van der Waals surface area contributed by atoms with Crippen molar-refractivity contribution in [3.05, 3.63) is 69.8 Å². The Morgan fingerprint density at radius 1 is 0.844 bits per heavy atom. The summed E-state index contributed by atoms with van der Waals surface area (Å²) in [5.41, 5.74) is 5.98. The van der Waals surface area contributed by atoms with Gasteiger partial charge in [0.05, 0.1) is 29.2 Å². The second-order valence-corrected chi connectivity index (χ2v) is 7.60. The summed E-state index contributed by atoms with van der Waals surface area (Å²) in [6.07, 6.45) is 1.66. The summed E-state index contributed by atoms with van der Waals surface area (Å²) < 4.78 is 1.80. The number of fused-ring (bicyclic) bond motifs is 1. The number of benzene rings is 2. The second kappa shape index (κ2) is 10.2. The number of hydrogen-bond acceptors (Lipinski definition) is 4. The standard InChI is InChI=1S/C21H19Cl2N5O4/c1-28-11-15(13-4-2-3-5-17(13)28)21(32)27-26-19(30)10-24-18(29)9-25-20(31)14-7-6-12(22)8-16(14)23/h2-8,11H,9-10H2,1H3,(H,24,29)(H,25,31)(H,26,30)(H,27,32). The molecule has 1 heterocycles. The molecule has 0 saturated carbocycles. The van der Waals surface area contributed by atoms with E-state index in [1.807, 2.05) is 25.2 Å². The van der Waals surface area contributed by atoms with Crippen LogP contribution in [-0.2, 0) is 16.6 Å². The summed E-state index contributed by atoms with van der Waals surface area (Å²) in [7, 11) is 1.81. The molecule has 9 nitrogen and oxygen atoms in total. The smallest absolute Gasteiger partial charge is 0.271 e. The number of amides is 4. The van der Waals surface area contributed by atoms with Crippen LogP contribution < -0.4 is 21.5 Å². The Hall–Kier alpha value is -3.56. The van der Waals surface area contributed by atoms with Crippen molar-refractivity contribution in [2.24, 2.45) is 7.05 Å². The zero-order valence-electron chi connectivity index (χ0n) is 16.9. The van der Waals surface area contributed by atoms with Crippen LogP contribution in [0.2, 0.25) is 10.0 Å². The minimum atomic E-state index is -0.640. The predicted octanol–water partition coefficient (Wildman–Crippen LogP) is 1.79. The van der Waals surface area contributed by atoms with Crippen LogP contribution in [0.4, 0.5) is 0 Å². The van der Waals surface area contributed by atoms with E-state index in [1.54, 1.807) is 16.8 Å². The van der Waals surface area contributed by atoms with E-state index in [2.05, 4.69) is 21.5 Å². The summed E-state index contributed by atoms with van der Waals surface area (Å²) >= 11 is 11.7. The molecule has 4 N–H and O–H groups in total. The average molecular weight is 476 g/mol. The molecule has 0 aliphatic rings. The van der Waals surface area contributed by atoms with Gasteiger partial charge in [-0.15, -0.1) is 0 Å². The molecule has 0 fully saturated rings. The molecule has 0 radical (unpaired) electrons. The Kier molecular flexibility index (Phi) is 7.34. The van der Waals surface area contributed by atoms with Gasteiger partial charge in [0.2, 0.25) is 5.91 Å². The highest BCUT2D eigenvalue weighted by Crippen LogP contribution is 2.21. The molecule has 4 amide bonds. The average Bonchev–Trinajstić information content (AvgIpc) is 3.11. The summed E-state index contributed by atoms with van der Waals surface area (Å²) in [6, 6.07) is 11.7. The van der Waals surface area contributed by atoms with Crippen LogP contribution in [0.3, 0.4) is 0 Å². The molecule has 11 heteroatoms. The molecule has 32 heavy (non-hydrogen) atoms. The number of carbonyl (C=O) groups is 4. The zero-order valence-corrected chi connectivity index (χ0v) is 18.4. The lowest BCUT2D eigenvalue weighted by atomic mass is 10.2. The molecule has 0 bridgehead atoms. The molecule has 0 atom stereocenters. The van der Waals surface area contributed by atoms with Crippen molar-refractivity contribution in [3.63, 3.8) is 0 Å². The summed E-state index contributed by atoms with van der Waals surface area (Å²) in [5.74, 6) is -2.29. The molecule has 0 unspecified atom stereocenters. The van der Waals surface area contributed by atoms with Gasteiger partial charge < -0.3 is 15.2 Å². The first-order valence-corrected chi connectivity index (χ1v) is 10.1. The summed E-state index contributed by atoms with van der Waals surface area (Å²) in [5, 5.41) is 6.00. The third kappa shape index (κ3) is 5.57. The summed E-state index contributed by atoms with van der Waals surface area (Å²) in [4.78, 5) is 48.3. The number of hydrazine groups is 1. The van der Waals surface area contributed by atoms with E-state index in [1.165, 1.54) is 18.2 Å². The van der Waals surface area contributed by atoms with Gasteiger partial charge in [-0.05, 0) is 24.3 Å². The molecule has 1 aromatic heterocycles. The van der Waals surface area contributed by atoms with Gasteiger partial charge in [0.1, 0.15) is 0 Å². The van der Waals surface area contributed by atoms with Crippen molar-refractivity contribution >= 4 is 57.7 Å². The number of hydrogen-bond donors (Lipinski definition) is 4. The first kappa shape index (κ1) is 23.1. The number of aromatic nitrogens is 1. The van der Waals surface area contributed by atoms with Crippen LogP contribution in [0.25, 0.3) is 10.9 Å². The highest BCUT2D eigenvalue weighted by Gasteiger charge is 2.15. The number of carbonyl (C=O) groups excluding carboxylic acids is 4. The lowest BCUT2D eigenvalue weighted by Gasteiger charge is -2.09. The number of halogens is 2. The van der Waals surface area contributed by atoms with Crippen LogP contribution in [-0.4, -0.2) is 41.3 Å². The van der Waals surface area contributed by atoms with Gasteiger partial charge in [-0.3, -0.25) is 30.0 Å². The van der Waals surface area contributed by atoms with Gasteiger partial charge >= 0.3 is 0 Å². The first-order valence-electron chi connectivity index (χ1n) is 9.39. The number of nitrogens with one attached hydrogen (secondary N) is 4. The number of para-hydroxylation sites is 1. The predicted molar refractivity (Wildman–Crippen MR) is 120 cm³/mol. The molecule has 0 spiro atoms. The third-order valence-electron chi connectivity index (χ3n) is 4.49. The van der Waals surface area contributed by atoms with Crippen molar-refractivity contribution < 1.29 is 19.2 Å². The van der Waals surface area contributed by atoms with Crippen molar-refractivity contribution in [2.75, 3.05) is 13.1 Å². The van der Waals surface area contributed by atoms with E-state index in [9.17, 15) is 19.2 Å². The first-order chi connectivity index (χ1) is 15.3. The van der Waals surface area contributed by atoms with E-state index in [0.717, 1.165) is 10.9 Å². The van der Waals surface area contributed by atoms with Gasteiger partial charge in [0.25, 0.3) is 17.7 Å². The Morgan fingerprint density at radius 2 is 1.56 bits per heavy atom. The largest absolute Gasteiger partial charge is 0.350 e. The maximum absolute atomic E-state index is 12.4. The normalized spacial score (nSPS) is 10.5. The molecular weight excluding hydrogens is 457 g/mol. The SMILES string of the molecule is Cn1cc(C(=O)NNC(=O)CNC(=O)CNC(=O)c2ccc(Cl)cc2Cl)c2ccccc21. The fourth-order valence-electron chi connectivity index (χ4n) is 2.93. The van der Waals surface area contributed by atoms with Crippen LogP contribution in [0.1, 0.15) is 20.7 Å². The van der Waals surface area contributed by atoms with Crippen LogP contribution in [0, 0.1) is 0 Å². The van der Waals surface area contributed by atoms with E-state index >= 15 is 0 Å². The number of aryl methyl sites for hydroxylation is 1. The third-order valence-corrected chi connectivity index (χ3v) is 5.04. The number of nitrogens with zero attached hydrogens (tertiary/aromatic N) is 1. The van der Waals surface area contributed by atoms with Gasteiger partial charge in [-0.25, -0.2) is 0 Å². The quantitative estimate of drug-likeness (QED) is 0.406. The maximum Gasteiger partial charge on any atom is 0.271 e. The Bertz CT molecular complexity index is 1210. The van der Waals surface area contributed by atoms with E-state index < -0.39 is 30.2 Å². The van der Waals surface area contributed by atoms with Crippen molar-refractivity contribution in [1.29, 1.82) is 0 Å². The molecule has 3 aromatic rings. The van der Waals surface area contributed by atoms with E-state index in [0.29, 0.717) is 10.6 Å². The Labute approximate surface area is 193 Å². The maximum atomic E-state index is 12.4. The summed E-state index contributed by atoms with van der Waals surface area (Å²) in [6.45, 7) is -0.764. The lowest BCUT2D eigenvalue weighted by Crippen LogP contribution is -2.47. The van der Waals surface area contributed by atoms with Gasteiger partial charge in [0.15, 0.2) is 0 Å². The van der Waals surface area contributed by atoms with Gasteiger partial charge in [0, 0.05) is 29.2 Å².